The molecule has 0 aliphatic carbocycles. The first-order valence-corrected chi connectivity index (χ1v) is 8.07. The summed E-state index contributed by atoms with van der Waals surface area (Å²) in [5.74, 6) is 0.777. The third kappa shape index (κ3) is 2.65. The van der Waals surface area contributed by atoms with Crippen molar-refractivity contribution in [3.8, 4) is 11.3 Å². The molecule has 116 valence electrons. The fraction of sp³-hybridized carbons (Fsp3) is 0.444. The van der Waals surface area contributed by atoms with Crippen molar-refractivity contribution < 1.29 is 9.32 Å². The first-order chi connectivity index (χ1) is 10.7. The number of hydrogen-bond donors (Lipinski definition) is 0. The molecule has 22 heavy (non-hydrogen) atoms. The molecule has 0 N–H and O–H groups in total. The lowest BCUT2D eigenvalue weighted by molar-refractivity contribution is 0.0982. The van der Waals surface area contributed by atoms with Gasteiger partial charge in [-0.05, 0) is 26.2 Å². The highest BCUT2D eigenvalue weighted by molar-refractivity contribution is 6.05. The van der Waals surface area contributed by atoms with E-state index in [0.717, 1.165) is 31.4 Å². The zero-order valence-corrected chi connectivity index (χ0v) is 13.2. The molecule has 4 nitrogen and oxygen atoms in total. The molecule has 1 atom stereocenters. The van der Waals surface area contributed by atoms with E-state index >= 15 is 0 Å². The Kier molecular flexibility index (Phi) is 4.27. The van der Waals surface area contributed by atoms with E-state index < -0.39 is 0 Å². The van der Waals surface area contributed by atoms with Crippen LogP contribution in [0, 0.1) is 0 Å². The van der Waals surface area contributed by atoms with Gasteiger partial charge in [0.1, 0.15) is 11.3 Å². The second-order valence-corrected chi connectivity index (χ2v) is 5.94. The van der Waals surface area contributed by atoms with Crippen LogP contribution in [0.1, 0.15) is 49.9 Å². The summed E-state index contributed by atoms with van der Waals surface area (Å²) in [6.45, 7) is 5.12. The van der Waals surface area contributed by atoms with E-state index in [-0.39, 0.29) is 5.78 Å². The van der Waals surface area contributed by atoms with Crippen LogP contribution in [0.15, 0.2) is 34.9 Å². The fourth-order valence-electron chi connectivity index (χ4n) is 3.11. The minimum absolute atomic E-state index is 0.122. The van der Waals surface area contributed by atoms with Gasteiger partial charge in [0.2, 0.25) is 5.88 Å². The first kappa shape index (κ1) is 14.8. The van der Waals surface area contributed by atoms with Crippen LogP contribution in [0.4, 0.5) is 5.88 Å². The zero-order valence-electron chi connectivity index (χ0n) is 13.2. The molecular weight excluding hydrogens is 276 g/mol. The van der Waals surface area contributed by atoms with Gasteiger partial charge in [0.25, 0.3) is 0 Å². The minimum Gasteiger partial charge on any atom is -0.337 e. The van der Waals surface area contributed by atoms with Crippen molar-refractivity contribution in [2.75, 3.05) is 11.4 Å². The molecule has 1 fully saturated rings. The number of hydrogen-bond acceptors (Lipinski definition) is 4. The van der Waals surface area contributed by atoms with Gasteiger partial charge in [0.05, 0.1) is 0 Å². The minimum atomic E-state index is 0.122. The van der Waals surface area contributed by atoms with Crippen LogP contribution in [0.5, 0.6) is 0 Å². The normalized spacial score (nSPS) is 17.9. The van der Waals surface area contributed by atoms with E-state index in [2.05, 4.69) is 17.0 Å². The van der Waals surface area contributed by atoms with Gasteiger partial charge in [-0.3, -0.25) is 4.79 Å². The van der Waals surface area contributed by atoms with Crippen molar-refractivity contribution >= 4 is 11.7 Å². The Labute approximate surface area is 131 Å². The lowest BCUT2D eigenvalue weighted by Gasteiger charge is -2.20. The van der Waals surface area contributed by atoms with Crippen LogP contribution in [0.2, 0.25) is 0 Å². The molecular formula is C18H22N2O2. The van der Waals surface area contributed by atoms with E-state index in [4.69, 9.17) is 4.52 Å². The zero-order chi connectivity index (χ0) is 15.5. The van der Waals surface area contributed by atoms with Gasteiger partial charge in [-0.1, -0.05) is 42.4 Å². The summed E-state index contributed by atoms with van der Waals surface area (Å²) in [7, 11) is 0. The van der Waals surface area contributed by atoms with Gasteiger partial charge in [-0.15, -0.1) is 0 Å². The van der Waals surface area contributed by atoms with Gasteiger partial charge < -0.3 is 9.42 Å². The number of aromatic nitrogens is 1. The lowest BCUT2D eigenvalue weighted by Crippen LogP contribution is -2.27. The second kappa shape index (κ2) is 6.34. The number of benzene rings is 1. The molecule has 1 unspecified atom stereocenters. The molecule has 0 radical (unpaired) electrons. The molecule has 0 spiro atoms. The molecule has 3 rings (SSSR count). The van der Waals surface area contributed by atoms with Crippen molar-refractivity contribution in [1.82, 2.24) is 5.16 Å². The van der Waals surface area contributed by atoms with E-state index in [1.807, 2.05) is 37.3 Å². The quantitative estimate of drug-likeness (QED) is 0.771. The molecule has 0 amide bonds. The number of nitrogens with zero attached hydrogens (tertiary/aromatic N) is 2. The number of ketones is 1. The third-order valence-electron chi connectivity index (χ3n) is 4.29. The Balaban J connectivity index is 2.07. The number of carbonyl (C=O) groups excluding carboxylic acids is 1. The van der Waals surface area contributed by atoms with Crippen molar-refractivity contribution in [2.45, 2.75) is 45.6 Å². The van der Waals surface area contributed by atoms with E-state index in [9.17, 15) is 4.79 Å². The van der Waals surface area contributed by atoms with Crippen LogP contribution >= 0.6 is 0 Å². The lowest BCUT2D eigenvalue weighted by atomic mass is 10.0. The number of carbonyl (C=O) groups is 1. The summed E-state index contributed by atoms with van der Waals surface area (Å²) >= 11 is 0. The molecule has 1 aromatic carbocycles. The Bertz CT molecular complexity index is 648. The SMILES string of the molecule is CCCC(=O)c1c(-c2ccccc2)noc1N1CCCC1C. The highest BCUT2D eigenvalue weighted by Crippen LogP contribution is 2.35. The highest BCUT2D eigenvalue weighted by atomic mass is 16.5. The van der Waals surface area contributed by atoms with Crippen LogP contribution in [-0.2, 0) is 0 Å². The average molecular weight is 298 g/mol. The fourth-order valence-corrected chi connectivity index (χ4v) is 3.11. The molecule has 0 bridgehead atoms. The molecule has 1 saturated heterocycles. The van der Waals surface area contributed by atoms with Crippen LogP contribution < -0.4 is 4.90 Å². The van der Waals surface area contributed by atoms with E-state index in [1.165, 1.54) is 0 Å². The molecule has 2 heterocycles. The summed E-state index contributed by atoms with van der Waals surface area (Å²) in [5, 5.41) is 4.23. The Morgan fingerprint density at radius 1 is 1.36 bits per heavy atom. The predicted molar refractivity (Wildman–Crippen MR) is 87.2 cm³/mol. The number of anilines is 1. The molecule has 4 heteroatoms. The highest BCUT2D eigenvalue weighted by Gasteiger charge is 2.31. The maximum absolute atomic E-state index is 12.7. The maximum Gasteiger partial charge on any atom is 0.239 e. The van der Waals surface area contributed by atoms with Gasteiger partial charge in [-0.2, -0.15) is 0 Å². The smallest absolute Gasteiger partial charge is 0.239 e. The molecule has 1 aliphatic rings. The van der Waals surface area contributed by atoms with E-state index in [0.29, 0.717) is 29.6 Å². The maximum atomic E-state index is 12.7. The van der Waals surface area contributed by atoms with Gasteiger partial charge in [-0.25, -0.2) is 0 Å². The van der Waals surface area contributed by atoms with Crippen molar-refractivity contribution in [2.24, 2.45) is 0 Å². The summed E-state index contributed by atoms with van der Waals surface area (Å²) in [4.78, 5) is 14.8. The average Bonchev–Trinajstić information content (AvgIpc) is 3.14. The Hall–Kier alpha value is -2.10. The molecule has 2 aromatic rings. The summed E-state index contributed by atoms with van der Waals surface area (Å²) in [5.41, 5.74) is 2.26. The number of Topliss-reactive ketones (excluding diaryl/α,β-unsaturated/α-hetero) is 1. The summed E-state index contributed by atoms with van der Waals surface area (Å²) in [6, 6.07) is 10.2. The van der Waals surface area contributed by atoms with Gasteiger partial charge in [0.15, 0.2) is 5.78 Å². The molecule has 0 saturated carbocycles. The van der Waals surface area contributed by atoms with Crippen molar-refractivity contribution in [1.29, 1.82) is 0 Å². The Morgan fingerprint density at radius 3 is 2.77 bits per heavy atom. The van der Waals surface area contributed by atoms with Gasteiger partial charge in [0, 0.05) is 24.6 Å². The summed E-state index contributed by atoms with van der Waals surface area (Å²) in [6.07, 6.45) is 3.61. The predicted octanol–water partition coefficient (Wildman–Crippen LogP) is 4.31. The monoisotopic (exact) mass is 298 g/mol. The first-order valence-electron chi connectivity index (χ1n) is 8.07. The summed E-state index contributed by atoms with van der Waals surface area (Å²) < 4.78 is 5.63. The topological polar surface area (TPSA) is 46.3 Å². The van der Waals surface area contributed by atoms with E-state index in [1.54, 1.807) is 0 Å². The van der Waals surface area contributed by atoms with Gasteiger partial charge >= 0.3 is 0 Å². The third-order valence-corrected chi connectivity index (χ3v) is 4.29. The second-order valence-electron chi connectivity index (χ2n) is 5.94. The Morgan fingerprint density at radius 2 is 2.14 bits per heavy atom. The molecule has 1 aliphatic heterocycles. The number of rotatable bonds is 5. The van der Waals surface area contributed by atoms with Crippen LogP contribution in [-0.4, -0.2) is 23.5 Å². The van der Waals surface area contributed by atoms with Crippen LogP contribution in [0.3, 0.4) is 0 Å². The van der Waals surface area contributed by atoms with Crippen molar-refractivity contribution in [3.05, 3.63) is 35.9 Å². The standard InChI is InChI=1S/C18H22N2O2/c1-3-8-15(21)16-17(14-10-5-4-6-11-14)19-22-18(16)20-12-7-9-13(20)2/h4-6,10-11,13H,3,7-9,12H2,1-2H3. The van der Waals surface area contributed by atoms with Crippen molar-refractivity contribution in [3.63, 3.8) is 0 Å². The largest absolute Gasteiger partial charge is 0.337 e. The molecule has 1 aromatic heterocycles. The van der Waals surface area contributed by atoms with Crippen LogP contribution in [0.25, 0.3) is 11.3 Å².